The number of ether oxygens (including phenoxy) is 1. The van der Waals surface area contributed by atoms with Gasteiger partial charge in [0.1, 0.15) is 11.3 Å². The van der Waals surface area contributed by atoms with E-state index in [1.54, 1.807) is 0 Å². The summed E-state index contributed by atoms with van der Waals surface area (Å²) in [7, 11) is -3.68. The minimum atomic E-state index is -3.68. The van der Waals surface area contributed by atoms with Gasteiger partial charge < -0.3 is 9.84 Å². The summed E-state index contributed by atoms with van der Waals surface area (Å²) in [5.41, 5.74) is -0.155. The Morgan fingerprint density at radius 3 is 2.55 bits per heavy atom. The number of sulfonamides is 1. The van der Waals surface area contributed by atoms with Crippen LogP contribution in [-0.4, -0.2) is 32.6 Å². The summed E-state index contributed by atoms with van der Waals surface area (Å²) in [5.74, 6) is -1.04. The molecule has 1 aromatic carbocycles. The van der Waals surface area contributed by atoms with Crippen molar-refractivity contribution in [1.82, 2.24) is 4.72 Å². The molecule has 0 bridgehead atoms. The summed E-state index contributed by atoms with van der Waals surface area (Å²) in [6, 6.07) is 3.83. The lowest BCUT2D eigenvalue weighted by Gasteiger charge is -2.11. The Hall–Kier alpha value is -1.60. The smallest absolute Gasteiger partial charge is 0.339 e. The SMILES string of the molecule is CCCNS(=O)(=O)c1ccc(OCCC)c(C(=O)O)c1. The van der Waals surface area contributed by atoms with E-state index >= 15 is 0 Å². The van der Waals surface area contributed by atoms with E-state index in [0.717, 1.165) is 12.5 Å². The fraction of sp³-hybridized carbons (Fsp3) is 0.462. The number of aromatic carboxylic acids is 1. The van der Waals surface area contributed by atoms with Gasteiger partial charge in [0, 0.05) is 6.54 Å². The van der Waals surface area contributed by atoms with Crippen molar-refractivity contribution in [1.29, 1.82) is 0 Å². The molecule has 0 aliphatic carbocycles. The average Bonchev–Trinajstić information content (AvgIpc) is 2.42. The third-order valence-corrected chi connectivity index (χ3v) is 3.95. The molecule has 0 fully saturated rings. The number of hydrogen-bond acceptors (Lipinski definition) is 4. The molecule has 0 aliphatic rings. The number of benzene rings is 1. The molecule has 7 heteroatoms. The lowest BCUT2D eigenvalue weighted by molar-refractivity contribution is 0.0692. The zero-order chi connectivity index (χ0) is 15.2. The number of carboxylic acid groups (broad SMARTS) is 1. The number of rotatable bonds is 8. The molecule has 0 heterocycles. The number of carboxylic acids is 1. The Bertz CT molecular complexity index is 568. The first-order chi connectivity index (χ1) is 9.42. The molecule has 2 N–H and O–H groups in total. The fourth-order valence-electron chi connectivity index (χ4n) is 1.50. The van der Waals surface area contributed by atoms with E-state index in [-0.39, 0.29) is 16.2 Å². The molecule has 0 saturated carbocycles. The first-order valence-corrected chi connectivity index (χ1v) is 7.90. The minimum absolute atomic E-state index is 0.0767. The van der Waals surface area contributed by atoms with Crippen LogP contribution in [0, 0.1) is 0 Å². The molecular formula is C13H19NO5S. The number of carbonyl (C=O) groups is 1. The molecule has 0 radical (unpaired) electrons. The van der Waals surface area contributed by atoms with Crippen LogP contribution < -0.4 is 9.46 Å². The van der Waals surface area contributed by atoms with Gasteiger partial charge in [-0.25, -0.2) is 17.9 Å². The van der Waals surface area contributed by atoms with Crippen molar-refractivity contribution in [2.24, 2.45) is 0 Å². The molecule has 0 saturated heterocycles. The van der Waals surface area contributed by atoms with Gasteiger partial charge in [-0.15, -0.1) is 0 Å². The predicted octanol–water partition coefficient (Wildman–Crippen LogP) is 1.86. The zero-order valence-electron chi connectivity index (χ0n) is 11.5. The quantitative estimate of drug-likeness (QED) is 0.764. The molecular weight excluding hydrogens is 282 g/mol. The summed E-state index contributed by atoms with van der Waals surface area (Å²) < 4.78 is 31.6. The van der Waals surface area contributed by atoms with Gasteiger partial charge >= 0.3 is 5.97 Å². The van der Waals surface area contributed by atoms with E-state index in [9.17, 15) is 13.2 Å². The summed E-state index contributed by atoms with van der Waals surface area (Å²) in [6.07, 6.45) is 1.39. The molecule has 1 aromatic rings. The van der Waals surface area contributed by atoms with Gasteiger partial charge in [-0.1, -0.05) is 13.8 Å². The minimum Gasteiger partial charge on any atom is -0.493 e. The zero-order valence-corrected chi connectivity index (χ0v) is 12.4. The number of nitrogens with one attached hydrogen (secondary N) is 1. The molecule has 1 rings (SSSR count). The third-order valence-electron chi connectivity index (χ3n) is 2.50. The maximum Gasteiger partial charge on any atom is 0.339 e. The highest BCUT2D eigenvalue weighted by Gasteiger charge is 2.19. The van der Waals surface area contributed by atoms with Gasteiger partial charge in [0.05, 0.1) is 11.5 Å². The largest absolute Gasteiger partial charge is 0.493 e. The fourth-order valence-corrected chi connectivity index (χ4v) is 2.66. The Morgan fingerprint density at radius 1 is 1.30 bits per heavy atom. The predicted molar refractivity (Wildman–Crippen MR) is 74.7 cm³/mol. The molecule has 0 spiro atoms. The average molecular weight is 301 g/mol. The lowest BCUT2D eigenvalue weighted by atomic mass is 10.2. The van der Waals surface area contributed by atoms with E-state index in [2.05, 4.69) is 4.72 Å². The second kappa shape index (κ2) is 7.25. The van der Waals surface area contributed by atoms with E-state index in [1.165, 1.54) is 12.1 Å². The van der Waals surface area contributed by atoms with Gasteiger partial charge in [0.25, 0.3) is 0 Å². The topological polar surface area (TPSA) is 92.7 Å². The molecule has 20 heavy (non-hydrogen) atoms. The Balaban J connectivity index is 3.13. The standard InChI is InChI=1S/C13H19NO5S/c1-3-7-14-20(17,18)10-5-6-12(19-8-4-2)11(9-10)13(15)16/h5-6,9,14H,3-4,7-8H2,1-2H3,(H,15,16). The first-order valence-electron chi connectivity index (χ1n) is 6.42. The highest BCUT2D eigenvalue weighted by Crippen LogP contribution is 2.23. The molecule has 6 nitrogen and oxygen atoms in total. The second-order valence-electron chi connectivity index (χ2n) is 4.21. The monoisotopic (exact) mass is 301 g/mol. The first kappa shape index (κ1) is 16.5. The summed E-state index contributed by atoms with van der Waals surface area (Å²) in [5, 5.41) is 9.14. The molecule has 0 unspecified atom stereocenters. The van der Waals surface area contributed by atoms with Crippen LogP contribution in [0.3, 0.4) is 0 Å². The van der Waals surface area contributed by atoms with Crippen molar-refractivity contribution in [2.75, 3.05) is 13.2 Å². The van der Waals surface area contributed by atoms with E-state index in [4.69, 9.17) is 9.84 Å². The van der Waals surface area contributed by atoms with Crippen molar-refractivity contribution < 1.29 is 23.1 Å². The van der Waals surface area contributed by atoms with Crippen LogP contribution in [0.5, 0.6) is 5.75 Å². The van der Waals surface area contributed by atoms with Crippen LogP contribution in [0.4, 0.5) is 0 Å². The summed E-state index contributed by atoms with van der Waals surface area (Å²) in [6.45, 7) is 4.42. The molecule has 0 aromatic heterocycles. The van der Waals surface area contributed by atoms with Crippen LogP contribution >= 0.6 is 0 Å². The normalized spacial score (nSPS) is 11.3. The summed E-state index contributed by atoms with van der Waals surface area (Å²) in [4.78, 5) is 11.1. The van der Waals surface area contributed by atoms with Crippen molar-refractivity contribution in [2.45, 2.75) is 31.6 Å². The van der Waals surface area contributed by atoms with Crippen molar-refractivity contribution in [3.8, 4) is 5.75 Å². The van der Waals surface area contributed by atoms with Gasteiger partial charge in [0.2, 0.25) is 10.0 Å². The summed E-state index contributed by atoms with van der Waals surface area (Å²) >= 11 is 0. The van der Waals surface area contributed by atoms with Crippen LogP contribution in [0.1, 0.15) is 37.0 Å². The molecule has 0 aliphatic heterocycles. The highest BCUT2D eigenvalue weighted by molar-refractivity contribution is 7.89. The molecule has 0 amide bonds. The van der Waals surface area contributed by atoms with Crippen LogP contribution in [0.15, 0.2) is 23.1 Å². The second-order valence-corrected chi connectivity index (χ2v) is 5.98. The highest BCUT2D eigenvalue weighted by atomic mass is 32.2. The van der Waals surface area contributed by atoms with Crippen molar-refractivity contribution in [3.63, 3.8) is 0 Å². The van der Waals surface area contributed by atoms with Crippen molar-refractivity contribution in [3.05, 3.63) is 23.8 Å². The van der Waals surface area contributed by atoms with E-state index < -0.39 is 16.0 Å². The maximum absolute atomic E-state index is 11.9. The van der Waals surface area contributed by atoms with E-state index in [0.29, 0.717) is 19.6 Å². The van der Waals surface area contributed by atoms with Gasteiger partial charge in [-0.2, -0.15) is 0 Å². The number of hydrogen-bond donors (Lipinski definition) is 2. The molecule has 112 valence electrons. The van der Waals surface area contributed by atoms with Gasteiger partial charge in [0.15, 0.2) is 0 Å². The Labute approximate surface area is 118 Å². The third kappa shape index (κ3) is 4.21. The van der Waals surface area contributed by atoms with Crippen molar-refractivity contribution >= 4 is 16.0 Å². The lowest BCUT2D eigenvalue weighted by Crippen LogP contribution is -2.24. The molecule has 0 atom stereocenters. The Morgan fingerprint density at radius 2 is 2.00 bits per heavy atom. The van der Waals surface area contributed by atoms with Crippen LogP contribution in [0.2, 0.25) is 0 Å². The van der Waals surface area contributed by atoms with Crippen LogP contribution in [0.25, 0.3) is 0 Å². The van der Waals surface area contributed by atoms with Gasteiger partial charge in [-0.05, 0) is 31.0 Å². The Kier molecular flexibility index (Phi) is 5.97. The maximum atomic E-state index is 11.9. The van der Waals surface area contributed by atoms with Crippen LogP contribution in [-0.2, 0) is 10.0 Å². The van der Waals surface area contributed by atoms with Gasteiger partial charge in [-0.3, -0.25) is 0 Å². The van der Waals surface area contributed by atoms with E-state index in [1.807, 2.05) is 13.8 Å².